The van der Waals surface area contributed by atoms with E-state index in [0.717, 1.165) is 80.1 Å². The van der Waals surface area contributed by atoms with Crippen LogP contribution in [0.1, 0.15) is 50.8 Å². The number of hydrogen-bond acceptors (Lipinski definition) is 12. The van der Waals surface area contributed by atoms with Crippen LogP contribution in [0, 0.1) is 5.92 Å². The molecule has 0 saturated carbocycles. The Kier molecular flexibility index (Phi) is 21.5. The van der Waals surface area contributed by atoms with Crippen LogP contribution in [0.4, 0.5) is 0 Å². The summed E-state index contributed by atoms with van der Waals surface area (Å²) in [4.78, 5) is 0. The zero-order valence-corrected chi connectivity index (χ0v) is 41.1. The maximum absolute atomic E-state index is 5.83. The van der Waals surface area contributed by atoms with Crippen molar-refractivity contribution >= 4 is 0 Å². The van der Waals surface area contributed by atoms with E-state index in [1.807, 2.05) is 127 Å². The summed E-state index contributed by atoms with van der Waals surface area (Å²) in [6.07, 6.45) is 1.76. The van der Waals surface area contributed by atoms with Gasteiger partial charge in [-0.15, -0.1) is 0 Å². The first-order valence-electron chi connectivity index (χ1n) is 24.8. The van der Waals surface area contributed by atoms with E-state index < -0.39 is 0 Å². The van der Waals surface area contributed by atoms with E-state index >= 15 is 0 Å². The summed E-state index contributed by atoms with van der Waals surface area (Å²) in [5.41, 5.74) is 3.57. The highest BCUT2D eigenvalue weighted by molar-refractivity contribution is 5.47. The lowest BCUT2D eigenvalue weighted by Crippen LogP contribution is -2.07. The molecule has 0 aliphatic carbocycles. The van der Waals surface area contributed by atoms with Gasteiger partial charge < -0.3 is 56.8 Å². The average Bonchev–Trinajstić information content (AvgIpc) is 4.18. The van der Waals surface area contributed by atoms with E-state index in [1.54, 1.807) is 0 Å². The molecule has 12 rings (SSSR count). The second kappa shape index (κ2) is 28.8. The number of epoxide rings is 6. The fraction of sp³-hybridized carbons (Fsp3) is 0.400. The van der Waals surface area contributed by atoms with Crippen molar-refractivity contribution in [2.75, 3.05) is 79.3 Å². The van der Waals surface area contributed by atoms with Crippen LogP contribution >= 0.6 is 0 Å². The molecule has 6 aliphatic heterocycles. The Bertz CT molecular complexity index is 2080. The molecule has 6 aromatic carbocycles. The molecule has 6 fully saturated rings. The van der Waals surface area contributed by atoms with Crippen molar-refractivity contribution in [2.24, 2.45) is 5.92 Å². The molecule has 384 valence electrons. The predicted octanol–water partition coefficient (Wildman–Crippen LogP) is 10.9. The molecule has 6 atom stereocenters. The van der Waals surface area contributed by atoms with E-state index in [0.29, 0.717) is 58.0 Å². The predicted molar refractivity (Wildman–Crippen MR) is 278 cm³/mol. The third-order valence-electron chi connectivity index (χ3n) is 10.9. The highest BCUT2D eigenvalue weighted by Crippen LogP contribution is 2.35. The zero-order chi connectivity index (χ0) is 48.9. The summed E-state index contributed by atoms with van der Waals surface area (Å²) in [6.45, 7) is 15.3. The van der Waals surface area contributed by atoms with Crippen LogP contribution in [0.25, 0.3) is 0 Å². The second-order valence-electron chi connectivity index (χ2n) is 18.4. The number of rotatable bonds is 21. The van der Waals surface area contributed by atoms with Crippen molar-refractivity contribution < 1.29 is 56.8 Å². The second-order valence-corrected chi connectivity index (χ2v) is 18.4. The van der Waals surface area contributed by atoms with E-state index in [1.165, 1.54) is 16.7 Å². The third-order valence-corrected chi connectivity index (χ3v) is 10.9. The monoisotopic (exact) mass is 985 g/mol. The Morgan fingerprint density at radius 3 is 0.639 bits per heavy atom. The van der Waals surface area contributed by atoms with Gasteiger partial charge in [-0.3, -0.25) is 0 Å². The molecular weight excluding hydrogens is 913 g/mol. The smallest absolute Gasteiger partial charge is 0.119 e. The van der Waals surface area contributed by atoms with Crippen molar-refractivity contribution in [2.45, 2.75) is 70.7 Å². The molecule has 0 N–H and O–H groups in total. The molecule has 12 nitrogen and oxygen atoms in total. The fourth-order valence-corrected chi connectivity index (χ4v) is 6.52. The van der Waals surface area contributed by atoms with Crippen molar-refractivity contribution in [3.8, 4) is 34.5 Å². The molecule has 0 aromatic heterocycles. The van der Waals surface area contributed by atoms with Crippen molar-refractivity contribution in [3.05, 3.63) is 180 Å². The van der Waals surface area contributed by atoms with Crippen LogP contribution in [0.15, 0.2) is 164 Å². The number of hydrogen-bond donors (Lipinski definition) is 0. The van der Waals surface area contributed by atoms with Crippen LogP contribution < -0.4 is 28.4 Å². The Morgan fingerprint density at radius 2 is 0.472 bits per heavy atom. The van der Waals surface area contributed by atoms with Gasteiger partial charge in [0, 0.05) is 5.92 Å². The van der Waals surface area contributed by atoms with Crippen LogP contribution in [-0.4, -0.2) is 116 Å². The molecule has 0 bridgehead atoms. The van der Waals surface area contributed by atoms with Crippen molar-refractivity contribution in [3.63, 3.8) is 0 Å². The van der Waals surface area contributed by atoms with Gasteiger partial charge >= 0.3 is 0 Å². The normalized spacial score (nSPS) is 21.2. The van der Waals surface area contributed by atoms with Crippen molar-refractivity contribution in [1.82, 2.24) is 0 Å². The third kappa shape index (κ3) is 21.7. The van der Waals surface area contributed by atoms with Gasteiger partial charge in [-0.25, -0.2) is 0 Å². The quantitative estimate of drug-likeness (QED) is 0.0502. The summed E-state index contributed by atoms with van der Waals surface area (Å²) in [5, 5.41) is 0. The standard InChI is InChI=1S/C28H28O6.3C9H10O2.C4H10.CH4/c1-7-22(29-13-25-16-32-25)8-2-19(1)28(20-3-9-23(10-4-20)30-14-26-17-33-26)21-5-11-24(12-6-21)31-15-27-18-34-27;3*1-2-4-8(5-3-1)10-6-9-7-11-9;1-4(2)3;/h1-12,25-28H,13-18H2;3*1-5,9H,6-7H2;4H,1-3H3;1H4. The van der Waals surface area contributed by atoms with Gasteiger partial charge in [-0.1, -0.05) is 119 Å². The summed E-state index contributed by atoms with van der Waals surface area (Å²) in [7, 11) is 0. The Morgan fingerprint density at radius 1 is 0.306 bits per heavy atom. The first-order valence-corrected chi connectivity index (χ1v) is 24.8. The molecule has 6 aliphatic rings. The lowest BCUT2D eigenvalue weighted by molar-refractivity contribution is 0.263. The minimum Gasteiger partial charge on any atom is -0.491 e. The lowest BCUT2D eigenvalue weighted by atomic mass is 9.85. The Labute approximate surface area is 426 Å². The molecule has 72 heavy (non-hydrogen) atoms. The Hall–Kier alpha value is -6.12. The molecule has 6 heterocycles. The van der Waals surface area contributed by atoms with Crippen LogP contribution in [0.5, 0.6) is 34.5 Å². The topological polar surface area (TPSA) is 131 Å². The molecule has 12 heteroatoms. The first-order chi connectivity index (χ1) is 34.9. The lowest BCUT2D eigenvalue weighted by Gasteiger charge is -2.20. The molecule has 6 aromatic rings. The minimum absolute atomic E-state index is 0. The van der Waals surface area contributed by atoms with E-state index in [-0.39, 0.29) is 31.7 Å². The van der Waals surface area contributed by atoms with Crippen molar-refractivity contribution in [1.29, 1.82) is 0 Å². The molecule has 6 saturated heterocycles. The van der Waals surface area contributed by atoms with Gasteiger partial charge in [0.2, 0.25) is 0 Å². The molecule has 0 spiro atoms. The van der Waals surface area contributed by atoms with Gasteiger partial charge in [-0.05, 0) is 95.4 Å². The van der Waals surface area contributed by atoms with Gasteiger partial charge in [-0.2, -0.15) is 0 Å². The van der Waals surface area contributed by atoms with Gasteiger partial charge in [0.15, 0.2) is 0 Å². The molecular formula is C60H72O12. The summed E-state index contributed by atoms with van der Waals surface area (Å²) in [6, 6.07) is 54.4. The summed E-state index contributed by atoms with van der Waals surface area (Å²) < 4.78 is 64.4. The number of para-hydroxylation sites is 3. The van der Waals surface area contributed by atoms with Gasteiger partial charge in [0.25, 0.3) is 0 Å². The largest absolute Gasteiger partial charge is 0.491 e. The highest BCUT2D eigenvalue weighted by atomic mass is 16.6. The number of benzene rings is 6. The zero-order valence-electron chi connectivity index (χ0n) is 41.1. The molecule has 6 unspecified atom stereocenters. The maximum atomic E-state index is 5.83. The van der Waals surface area contributed by atoms with Gasteiger partial charge in [0.05, 0.1) is 39.6 Å². The highest BCUT2D eigenvalue weighted by Gasteiger charge is 2.27. The van der Waals surface area contributed by atoms with Crippen LogP contribution in [0.3, 0.4) is 0 Å². The van der Waals surface area contributed by atoms with E-state index in [9.17, 15) is 0 Å². The fourth-order valence-electron chi connectivity index (χ4n) is 6.52. The Balaban J connectivity index is 0.000000162. The first kappa shape index (κ1) is 53.7. The number of ether oxygens (including phenoxy) is 12. The molecule has 0 amide bonds. The maximum Gasteiger partial charge on any atom is 0.119 e. The van der Waals surface area contributed by atoms with Crippen LogP contribution in [0.2, 0.25) is 0 Å². The summed E-state index contributed by atoms with van der Waals surface area (Å²) >= 11 is 0. The average molecular weight is 985 g/mol. The SMILES string of the molecule is C.CC(C)C.c1cc(C(c2ccc(OCC3CO3)cc2)c2ccc(OCC3CO3)cc2)ccc1OCC1CO1.c1ccc(OCC2CO2)cc1.c1ccc(OCC2CO2)cc1.c1ccc(OCC2CO2)cc1. The molecule has 0 radical (unpaired) electrons. The summed E-state index contributed by atoms with van der Waals surface area (Å²) in [5.74, 6) is 6.23. The van der Waals surface area contributed by atoms with Crippen LogP contribution in [-0.2, 0) is 28.4 Å². The van der Waals surface area contributed by atoms with Gasteiger partial charge in [0.1, 0.15) is 111 Å². The van der Waals surface area contributed by atoms with E-state index in [4.69, 9.17) is 56.8 Å². The van der Waals surface area contributed by atoms with E-state index in [2.05, 4.69) is 57.2 Å². The minimum atomic E-state index is 0.